The summed E-state index contributed by atoms with van der Waals surface area (Å²) in [7, 11) is -4.08. The van der Waals surface area contributed by atoms with Gasteiger partial charge in [0.2, 0.25) is 0 Å². The third kappa shape index (κ3) is 5.14. The second kappa shape index (κ2) is 9.59. The molecule has 11 heteroatoms. The standard InChI is InChI=1S/C26H28F3N3O4S/c1-25(2,3)32-24(34)21(22(37(32,35)36)17-9-5-4-6-10-17)30-18-13-15-31(16-14-18)23(33)19-11-7-8-12-20(19)26(27,28)29/h4-12,18,22H,13-16H2,1-3H3. The van der Waals surface area contributed by atoms with E-state index in [0.717, 1.165) is 16.4 Å². The molecule has 4 rings (SSSR count). The summed E-state index contributed by atoms with van der Waals surface area (Å²) in [6.07, 6.45) is -4.09. The van der Waals surface area contributed by atoms with Gasteiger partial charge < -0.3 is 4.90 Å². The van der Waals surface area contributed by atoms with Crippen molar-refractivity contribution in [3.05, 3.63) is 71.3 Å². The zero-order valence-corrected chi connectivity index (χ0v) is 21.5. The lowest BCUT2D eigenvalue weighted by Crippen LogP contribution is -2.46. The highest BCUT2D eigenvalue weighted by molar-refractivity contribution is 7.91. The van der Waals surface area contributed by atoms with E-state index >= 15 is 0 Å². The summed E-state index contributed by atoms with van der Waals surface area (Å²) in [6.45, 7) is 5.17. The molecule has 7 nitrogen and oxygen atoms in total. The average molecular weight is 536 g/mol. The minimum Gasteiger partial charge on any atom is -0.338 e. The Morgan fingerprint density at radius 2 is 1.51 bits per heavy atom. The van der Waals surface area contributed by atoms with Gasteiger partial charge in [0.15, 0.2) is 5.25 Å². The Bertz CT molecular complexity index is 1330. The Kier molecular flexibility index (Phi) is 6.96. The fraction of sp³-hybridized carbons (Fsp3) is 0.423. The number of rotatable bonds is 3. The molecule has 2 heterocycles. The van der Waals surface area contributed by atoms with Crippen molar-refractivity contribution in [2.75, 3.05) is 13.1 Å². The lowest BCUT2D eigenvalue weighted by Gasteiger charge is -2.31. The Morgan fingerprint density at radius 3 is 2.08 bits per heavy atom. The van der Waals surface area contributed by atoms with E-state index in [9.17, 15) is 31.2 Å². The van der Waals surface area contributed by atoms with Crippen LogP contribution in [0, 0.1) is 0 Å². The summed E-state index contributed by atoms with van der Waals surface area (Å²) in [5, 5.41) is -1.25. The van der Waals surface area contributed by atoms with Gasteiger partial charge in [0.1, 0.15) is 5.71 Å². The minimum atomic E-state index is -4.66. The van der Waals surface area contributed by atoms with Gasteiger partial charge in [-0.05, 0) is 51.3 Å². The maximum absolute atomic E-state index is 13.5. The number of nitrogens with zero attached hydrogens (tertiary/aromatic N) is 3. The Hall–Kier alpha value is -3.21. The van der Waals surface area contributed by atoms with Crippen LogP contribution in [0.5, 0.6) is 0 Å². The van der Waals surface area contributed by atoms with E-state index < -0.39 is 56.0 Å². The first kappa shape index (κ1) is 26.8. The summed E-state index contributed by atoms with van der Waals surface area (Å²) in [6, 6.07) is 12.6. The number of amides is 2. The van der Waals surface area contributed by atoms with Gasteiger partial charge in [-0.1, -0.05) is 42.5 Å². The zero-order valence-electron chi connectivity index (χ0n) is 20.7. The highest BCUT2D eigenvalue weighted by Crippen LogP contribution is 2.39. The first-order valence-corrected chi connectivity index (χ1v) is 13.4. The number of sulfonamides is 1. The van der Waals surface area contributed by atoms with Crippen molar-refractivity contribution >= 4 is 27.5 Å². The summed E-state index contributed by atoms with van der Waals surface area (Å²) in [5.74, 6) is -1.40. The zero-order chi connectivity index (χ0) is 27.2. The van der Waals surface area contributed by atoms with Crippen LogP contribution in [0.2, 0.25) is 0 Å². The molecule has 1 atom stereocenters. The quantitative estimate of drug-likeness (QED) is 0.581. The van der Waals surface area contributed by atoms with Gasteiger partial charge >= 0.3 is 6.18 Å². The molecule has 2 aliphatic rings. The minimum absolute atomic E-state index is 0.0756. The SMILES string of the molecule is CC(C)(C)N1C(=O)C(=NC2CCN(C(=O)c3ccccc3C(F)(F)F)CC2)C(c2ccccc2)S1(=O)=O. The van der Waals surface area contributed by atoms with Crippen LogP contribution >= 0.6 is 0 Å². The molecular formula is C26H28F3N3O4S. The Balaban J connectivity index is 1.60. The molecule has 2 fully saturated rings. The van der Waals surface area contributed by atoms with Gasteiger partial charge in [-0.3, -0.25) is 14.6 Å². The number of halogens is 3. The number of benzene rings is 2. The van der Waals surface area contributed by atoms with Gasteiger partial charge in [-0.25, -0.2) is 12.7 Å². The number of piperidine rings is 1. The van der Waals surface area contributed by atoms with Crippen LogP contribution in [-0.2, 0) is 21.0 Å². The summed E-state index contributed by atoms with van der Waals surface area (Å²) in [5.41, 5.74) is -2.05. The second-order valence-corrected chi connectivity index (χ2v) is 12.0. The molecule has 0 saturated carbocycles. The third-order valence-electron chi connectivity index (χ3n) is 6.45. The molecule has 37 heavy (non-hydrogen) atoms. The van der Waals surface area contributed by atoms with Crippen molar-refractivity contribution in [2.24, 2.45) is 4.99 Å². The van der Waals surface area contributed by atoms with Crippen LogP contribution in [0.4, 0.5) is 13.2 Å². The molecule has 2 aromatic carbocycles. The monoisotopic (exact) mass is 535 g/mol. The second-order valence-electron chi connectivity index (χ2n) is 10.2. The van der Waals surface area contributed by atoms with Crippen LogP contribution in [0.25, 0.3) is 0 Å². The maximum atomic E-state index is 13.5. The first-order valence-electron chi connectivity index (χ1n) is 11.9. The smallest absolute Gasteiger partial charge is 0.338 e. The first-order chi connectivity index (χ1) is 17.2. The molecule has 0 spiro atoms. The molecule has 2 aromatic rings. The summed E-state index contributed by atoms with van der Waals surface area (Å²) in [4.78, 5) is 32.2. The number of carbonyl (C=O) groups is 2. The van der Waals surface area contributed by atoms with E-state index in [2.05, 4.69) is 4.99 Å². The van der Waals surface area contributed by atoms with Crippen LogP contribution in [0.1, 0.15) is 60.3 Å². The van der Waals surface area contributed by atoms with E-state index in [1.54, 1.807) is 51.1 Å². The molecule has 2 aliphatic heterocycles. The van der Waals surface area contributed by atoms with Gasteiger partial charge in [-0.2, -0.15) is 13.2 Å². The number of hydrogen-bond donors (Lipinski definition) is 0. The van der Waals surface area contributed by atoms with Crippen LogP contribution in [0.3, 0.4) is 0 Å². The van der Waals surface area contributed by atoms with Crippen LogP contribution < -0.4 is 0 Å². The number of alkyl halides is 3. The highest BCUT2D eigenvalue weighted by Gasteiger charge is 2.54. The summed E-state index contributed by atoms with van der Waals surface area (Å²) < 4.78 is 68.0. The molecule has 2 saturated heterocycles. The lowest BCUT2D eigenvalue weighted by atomic mass is 10.0. The van der Waals surface area contributed by atoms with Gasteiger partial charge in [0, 0.05) is 13.1 Å². The van der Waals surface area contributed by atoms with Crippen LogP contribution in [-0.4, -0.2) is 59.8 Å². The molecule has 0 N–H and O–H groups in total. The van der Waals surface area contributed by atoms with Gasteiger partial charge in [-0.15, -0.1) is 0 Å². The predicted molar refractivity (Wildman–Crippen MR) is 133 cm³/mol. The predicted octanol–water partition coefficient (Wildman–Crippen LogP) is 4.46. The number of carbonyl (C=O) groups excluding carboxylic acids is 2. The van der Waals surface area contributed by atoms with Crippen molar-refractivity contribution in [3.63, 3.8) is 0 Å². The van der Waals surface area contributed by atoms with E-state index in [1.807, 2.05) is 0 Å². The molecule has 1 unspecified atom stereocenters. The molecule has 198 valence electrons. The van der Waals surface area contributed by atoms with Gasteiger partial charge in [0.25, 0.3) is 21.8 Å². The average Bonchev–Trinajstić information content (AvgIpc) is 3.03. The van der Waals surface area contributed by atoms with Crippen molar-refractivity contribution in [1.82, 2.24) is 9.21 Å². The number of likely N-dealkylation sites (tertiary alicyclic amines) is 1. The molecule has 0 aliphatic carbocycles. The molecule has 0 bridgehead atoms. The third-order valence-corrected chi connectivity index (χ3v) is 8.77. The van der Waals surface area contributed by atoms with Crippen molar-refractivity contribution in [2.45, 2.75) is 56.6 Å². The molecular weight excluding hydrogens is 507 g/mol. The van der Waals surface area contributed by atoms with Crippen molar-refractivity contribution in [3.8, 4) is 0 Å². The summed E-state index contributed by atoms with van der Waals surface area (Å²) >= 11 is 0. The normalized spacial score (nSPS) is 22.1. The van der Waals surface area contributed by atoms with Gasteiger partial charge in [0.05, 0.1) is 22.7 Å². The largest absolute Gasteiger partial charge is 0.417 e. The van der Waals surface area contributed by atoms with E-state index in [-0.39, 0.29) is 31.6 Å². The topological polar surface area (TPSA) is 87.1 Å². The number of aliphatic imine (C=N–C) groups is 1. The Labute approximate surface area is 214 Å². The molecule has 0 aromatic heterocycles. The number of hydrogen-bond acceptors (Lipinski definition) is 5. The molecule has 0 radical (unpaired) electrons. The van der Waals surface area contributed by atoms with Crippen molar-refractivity contribution in [1.29, 1.82) is 0 Å². The molecule has 2 amide bonds. The fourth-order valence-electron chi connectivity index (χ4n) is 4.83. The maximum Gasteiger partial charge on any atom is 0.417 e. The highest BCUT2D eigenvalue weighted by atomic mass is 32.2. The fourth-order valence-corrected chi connectivity index (χ4v) is 7.07. The lowest BCUT2D eigenvalue weighted by molar-refractivity contribution is -0.138. The van der Waals surface area contributed by atoms with E-state index in [4.69, 9.17) is 0 Å². The van der Waals surface area contributed by atoms with Crippen molar-refractivity contribution < 1.29 is 31.2 Å². The van der Waals surface area contributed by atoms with E-state index in [1.165, 1.54) is 17.0 Å². The Morgan fingerprint density at radius 1 is 0.946 bits per heavy atom. The van der Waals surface area contributed by atoms with E-state index in [0.29, 0.717) is 5.56 Å². The van der Waals surface area contributed by atoms with Crippen LogP contribution in [0.15, 0.2) is 59.6 Å².